The molecule has 0 aliphatic rings. The second-order valence-corrected chi connectivity index (χ2v) is 2.21. The molecule has 3 heteroatoms. The average Bonchev–Trinajstić information content (AvgIpc) is 1.35. The quantitative estimate of drug-likeness (QED) is 0.319. The molecule has 0 amide bonds. The summed E-state index contributed by atoms with van der Waals surface area (Å²) in [5.41, 5.74) is 1.29. The van der Waals surface area contributed by atoms with E-state index in [1.807, 2.05) is 18.4 Å². The number of nitrogens with one attached hydrogen (secondary N) is 1. The Hall–Kier alpha value is -0.0200. The lowest BCUT2D eigenvalue weighted by atomic mass is 11.3. The van der Waals surface area contributed by atoms with Gasteiger partial charge in [-0.1, -0.05) is 0 Å². The van der Waals surface area contributed by atoms with Crippen molar-refractivity contribution in [3.05, 3.63) is 0 Å². The van der Waals surface area contributed by atoms with Crippen LogP contribution in [0.25, 0.3) is 0 Å². The molecule has 0 aromatic carbocycles. The molecule has 0 rings (SSSR count). The molecule has 0 fully saturated rings. The van der Waals surface area contributed by atoms with E-state index in [4.69, 9.17) is 5.41 Å². The van der Waals surface area contributed by atoms with E-state index in [0.717, 1.165) is 0 Å². The van der Waals surface area contributed by atoms with E-state index in [9.17, 15) is 0 Å². The van der Waals surface area contributed by atoms with Crippen LogP contribution in [0.5, 0.6) is 0 Å². The van der Waals surface area contributed by atoms with Gasteiger partial charge in [0.05, 0.1) is 5.55 Å². The first-order valence-corrected chi connectivity index (χ1v) is 2.44. The first-order chi connectivity index (χ1) is 2.77. The zero-order valence-electron chi connectivity index (χ0n) is 3.93. The minimum absolute atomic E-state index is 1.29. The summed E-state index contributed by atoms with van der Waals surface area (Å²) in [6.07, 6.45) is 0. The molecule has 0 spiro atoms. The largest absolute Gasteiger partial charge is 0.301 e. The zero-order chi connectivity index (χ0) is 4.99. The summed E-state index contributed by atoms with van der Waals surface area (Å²) >= 11 is 1.36. The van der Waals surface area contributed by atoms with Crippen LogP contribution in [0.15, 0.2) is 0 Å². The minimum atomic E-state index is 1.29. The predicted molar refractivity (Wildman–Crippen MR) is 30.1 cm³/mol. The van der Waals surface area contributed by atoms with Crippen LogP contribution in [0.1, 0.15) is 0 Å². The van der Waals surface area contributed by atoms with Gasteiger partial charge in [-0.05, 0) is 26.0 Å². The topological polar surface area (TPSA) is 27.1 Å². The van der Waals surface area contributed by atoms with Crippen molar-refractivity contribution in [2.45, 2.75) is 0 Å². The van der Waals surface area contributed by atoms with Crippen LogP contribution in [-0.4, -0.2) is 23.9 Å². The lowest BCUT2D eigenvalue weighted by molar-refractivity contribution is 0.710. The van der Waals surface area contributed by atoms with Crippen molar-refractivity contribution in [1.82, 2.24) is 4.31 Å². The molecule has 0 aliphatic heterocycles. The second kappa shape index (κ2) is 3.18. The van der Waals surface area contributed by atoms with E-state index in [1.54, 1.807) is 0 Å². The van der Waals surface area contributed by atoms with Crippen molar-refractivity contribution >= 4 is 17.5 Å². The van der Waals surface area contributed by atoms with Gasteiger partial charge >= 0.3 is 0 Å². The maximum atomic E-state index is 6.53. The SMILES string of the molecule is CN(C)SC=N. The first-order valence-electron chi connectivity index (χ1n) is 1.60. The number of hydrogen-bond donors (Lipinski definition) is 1. The maximum Gasteiger partial charge on any atom is 0.0661 e. The monoisotopic (exact) mass is 104 g/mol. The third-order valence-corrected chi connectivity index (χ3v) is 0.791. The minimum Gasteiger partial charge on any atom is -0.301 e. The van der Waals surface area contributed by atoms with Gasteiger partial charge < -0.3 is 5.41 Å². The van der Waals surface area contributed by atoms with Gasteiger partial charge in [0.25, 0.3) is 0 Å². The highest BCUT2D eigenvalue weighted by atomic mass is 32.2. The molecule has 36 valence electrons. The summed E-state index contributed by atoms with van der Waals surface area (Å²) in [7, 11) is 3.80. The summed E-state index contributed by atoms with van der Waals surface area (Å²) in [5, 5.41) is 6.53. The molecule has 0 radical (unpaired) electrons. The Labute approximate surface area is 42.2 Å². The molecular weight excluding hydrogens is 96.1 g/mol. The van der Waals surface area contributed by atoms with E-state index in [2.05, 4.69) is 0 Å². The molecule has 0 saturated carbocycles. The Morgan fingerprint density at radius 3 is 2.17 bits per heavy atom. The summed E-state index contributed by atoms with van der Waals surface area (Å²) < 4.78 is 1.85. The van der Waals surface area contributed by atoms with Gasteiger partial charge in [0.1, 0.15) is 0 Å². The fourth-order valence-electron chi connectivity index (χ4n) is 0.105. The molecule has 0 unspecified atom stereocenters. The Balaban J connectivity index is 2.81. The van der Waals surface area contributed by atoms with Crippen molar-refractivity contribution in [3.8, 4) is 0 Å². The molecule has 0 saturated heterocycles. The maximum absolute atomic E-state index is 6.53. The lowest BCUT2D eigenvalue weighted by Gasteiger charge is -1.98. The zero-order valence-corrected chi connectivity index (χ0v) is 4.75. The van der Waals surface area contributed by atoms with Crippen molar-refractivity contribution in [2.24, 2.45) is 0 Å². The van der Waals surface area contributed by atoms with E-state index in [0.29, 0.717) is 0 Å². The summed E-state index contributed by atoms with van der Waals surface area (Å²) in [6.45, 7) is 0. The smallest absolute Gasteiger partial charge is 0.0661 e. The molecule has 6 heavy (non-hydrogen) atoms. The van der Waals surface area contributed by atoms with Crippen LogP contribution in [-0.2, 0) is 0 Å². The molecule has 0 aliphatic carbocycles. The lowest BCUT2D eigenvalue weighted by Crippen LogP contribution is -1.97. The summed E-state index contributed by atoms with van der Waals surface area (Å²) in [4.78, 5) is 0. The Morgan fingerprint density at radius 1 is 1.67 bits per heavy atom. The Bertz CT molecular complexity index is 44.1. The highest BCUT2D eigenvalue weighted by Gasteiger charge is 1.77. The van der Waals surface area contributed by atoms with Crippen LogP contribution in [0.3, 0.4) is 0 Å². The Kier molecular flexibility index (Phi) is 3.17. The average molecular weight is 104 g/mol. The van der Waals surface area contributed by atoms with Crippen molar-refractivity contribution in [1.29, 1.82) is 5.41 Å². The Morgan fingerprint density at radius 2 is 2.17 bits per heavy atom. The molecular formula is C3H8N2S. The van der Waals surface area contributed by atoms with Crippen LogP contribution >= 0.6 is 11.9 Å². The van der Waals surface area contributed by atoms with Crippen molar-refractivity contribution in [2.75, 3.05) is 14.1 Å². The molecule has 0 atom stereocenters. The normalized spacial score (nSPS) is 9.17. The summed E-state index contributed by atoms with van der Waals surface area (Å²) in [6, 6.07) is 0. The van der Waals surface area contributed by atoms with Gasteiger partial charge in [0.15, 0.2) is 0 Å². The van der Waals surface area contributed by atoms with Gasteiger partial charge in [0, 0.05) is 0 Å². The fourth-order valence-corrected chi connectivity index (χ4v) is 0.316. The van der Waals surface area contributed by atoms with Gasteiger partial charge in [-0.2, -0.15) is 0 Å². The van der Waals surface area contributed by atoms with E-state index in [-0.39, 0.29) is 0 Å². The summed E-state index contributed by atoms with van der Waals surface area (Å²) in [5.74, 6) is 0. The number of hydrogen-bond acceptors (Lipinski definition) is 3. The third-order valence-electron chi connectivity index (χ3n) is 0.264. The molecule has 0 aromatic rings. The molecule has 0 bridgehead atoms. The fraction of sp³-hybridized carbons (Fsp3) is 0.667. The van der Waals surface area contributed by atoms with E-state index in [1.165, 1.54) is 17.5 Å². The van der Waals surface area contributed by atoms with Crippen LogP contribution in [0.2, 0.25) is 0 Å². The van der Waals surface area contributed by atoms with Crippen LogP contribution in [0.4, 0.5) is 0 Å². The highest BCUT2D eigenvalue weighted by Crippen LogP contribution is 1.93. The van der Waals surface area contributed by atoms with E-state index < -0.39 is 0 Å². The molecule has 1 N–H and O–H groups in total. The van der Waals surface area contributed by atoms with E-state index >= 15 is 0 Å². The molecule has 0 aromatic heterocycles. The van der Waals surface area contributed by atoms with Gasteiger partial charge in [-0.15, -0.1) is 0 Å². The third kappa shape index (κ3) is 3.98. The van der Waals surface area contributed by atoms with Gasteiger partial charge in [0.2, 0.25) is 0 Å². The molecule has 2 nitrogen and oxygen atoms in total. The van der Waals surface area contributed by atoms with Gasteiger partial charge in [-0.3, -0.25) is 4.31 Å². The van der Waals surface area contributed by atoms with Crippen LogP contribution in [0, 0.1) is 5.41 Å². The van der Waals surface area contributed by atoms with Crippen molar-refractivity contribution in [3.63, 3.8) is 0 Å². The van der Waals surface area contributed by atoms with Gasteiger partial charge in [-0.25, -0.2) is 0 Å². The number of rotatable bonds is 2. The highest BCUT2D eigenvalue weighted by molar-refractivity contribution is 8.09. The number of nitrogens with zero attached hydrogens (tertiary/aromatic N) is 1. The second-order valence-electron chi connectivity index (χ2n) is 1.04. The molecule has 0 heterocycles. The standard InChI is InChI=1S/C3H8N2S/c1-5(2)6-3-4/h3-4H,1-2H3. The van der Waals surface area contributed by atoms with Crippen molar-refractivity contribution < 1.29 is 0 Å². The van der Waals surface area contributed by atoms with Crippen LogP contribution < -0.4 is 0 Å². The first kappa shape index (κ1) is 5.98. The predicted octanol–water partition coefficient (Wildman–Crippen LogP) is 0.803.